The van der Waals surface area contributed by atoms with Gasteiger partial charge in [0.05, 0.1) is 11.4 Å². The van der Waals surface area contributed by atoms with E-state index in [0.29, 0.717) is 17.9 Å². The van der Waals surface area contributed by atoms with E-state index in [9.17, 15) is 4.79 Å². The number of benzene rings is 1. The monoisotopic (exact) mass is 207 g/mol. The maximum absolute atomic E-state index is 11.6. The average Bonchev–Trinajstić information content (AvgIpc) is 2.22. The second kappa shape index (κ2) is 4.68. The molecular weight excluding hydrogens is 190 g/mol. The van der Waals surface area contributed by atoms with Crippen LogP contribution in [0.5, 0.6) is 0 Å². The molecule has 0 saturated heterocycles. The van der Waals surface area contributed by atoms with E-state index in [1.54, 1.807) is 18.0 Å². The standard InChI is InChI=1S/C11H17N3O/c1-4-14(3)11(15)13-10-7-8(2)5-6-9(10)12/h5-7H,4,12H2,1-3H3,(H,13,15). The van der Waals surface area contributed by atoms with Crippen LogP contribution in [0.3, 0.4) is 0 Å². The van der Waals surface area contributed by atoms with Gasteiger partial charge in [0.2, 0.25) is 0 Å². The fourth-order valence-corrected chi connectivity index (χ4v) is 1.13. The summed E-state index contributed by atoms with van der Waals surface area (Å²) >= 11 is 0. The maximum atomic E-state index is 11.6. The zero-order valence-electron chi connectivity index (χ0n) is 9.37. The van der Waals surface area contributed by atoms with Gasteiger partial charge in [-0.15, -0.1) is 0 Å². The molecule has 1 aromatic carbocycles. The van der Waals surface area contributed by atoms with Crippen molar-refractivity contribution in [1.82, 2.24) is 4.90 Å². The fourth-order valence-electron chi connectivity index (χ4n) is 1.13. The minimum Gasteiger partial charge on any atom is -0.397 e. The second-order valence-electron chi connectivity index (χ2n) is 3.54. The van der Waals surface area contributed by atoms with Crippen LogP contribution in [0.2, 0.25) is 0 Å². The fraction of sp³-hybridized carbons (Fsp3) is 0.364. The first-order chi connectivity index (χ1) is 7.04. The topological polar surface area (TPSA) is 58.4 Å². The van der Waals surface area contributed by atoms with Crippen LogP contribution in [0.4, 0.5) is 16.2 Å². The number of carbonyl (C=O) groups excluding carboxylic acids is 1. The lowest BCUT2D eigenvalue weighted by Crippen LogP contribution is -2.31. The van der Waals surface area contributed by atoms with Gasteiger partial charge in [-0.2, -0.15) is 0 Å². The molecule has 0 atom stereocenters. The van der Waals surface area contributed by atoms with Crippen LogP contribution in [0.1, 0.15) is 12.5 Å². The second-order valence-corrected chi connectivity index (χ2v) is 3.54. The van der Waals surface area contributed by atoms with Crippen molar-refractivity contribution >= 4 is 17.4 Å². The quantitative estimate of drug-likeness (QED) is 0.729. The third-order valence-electron chi connectivity index (χ3n) is 2.27. The van der Waals surface area contributed by atoms with Crippen LogP contribution in [0, 0.1) is 6.92 Å². The van der Waals surface area contributed by atoms with Crippen LogP contribution in [0.15, 0.2) is 18.2 Å². The van der Waals surface area contributed by atoms with Crippen LogP contribution in [-0.4, -0.2) is 24.5 Å². The maximum Gasteiger partial charge on any atom is 0.321 e. The Morgan fingerprint density at radius 1 is 1.53 bits per heavy atom. The smallest absolute Gasteiger partial charge is 0.321 e. The minimum atomic E-state index is -0.144. The molecule has 0 bridgehead atoms. The molecule has 15 heavy (non-hydrogen) atoms. The van der Waals surface area contributed by atoms with Crippen molar-refractivity contribution in [2.45, 2.75) is 13.8 Å². The number of nitrogen functional groups attached to an aromatic ring is 1. The van der Waals surface area contributed by atoms with Gasteiger partial charge in [0.25, 0.3) is 0 Å². The van der Waals surface area contributed by atoms with Gasteiger partial charge in [0, 0.05) is 13.6 Å². The van der Waals surface area contributed by atoms with Crippen molar-refractivity contribution in [1.29, 1.82) is 0 Å². The summed E-state index contributed by atoms with van der Waals surface area (Å²) in [6.07, 6.45) is 0. The molecule has 4 heteroatoms. The molecule has 0 aliphatic heterocycles. The van der Waals surface area contributed by atoms with Crippen LogP contribution >= 0.6 is 0 Å². The summed E-state index contributed by atoms with van der Waals surface area (Å²) in [7, 11) is 1.74. The van der Waals surface area contributed by atoms with Crippen molar-refractivity contribution in [2.24, 2.45) is 0 Å². The van der Waals surface area contributed by atoms with Gasteiger partial charge in [0.1, 0.15) is 0 Å². The number of aryl methyl sites for hydroxylation is 1. The number of urea groups is 1. The first-order valence-corrected chi connectivity index (χ1v) is 4.92. The van der Waals surface area contributed by atoms with E-state index in [0.717, 1.165) is 5.56 Å². The van der Waals surface area contributed by atoms with Crippen LogP contribution in [0.25, 0.3) is 0 Å². The van der Waals surface area contributed by atoms with Crippen molar-refractivity contribution < 1.29 is 4.79 Å². The summed E-state index contributed by atoms with van der Waals surface area (Å²) in [6, 6.07) is 5.41. The van der Waals surface area contributed by atoms with Gasteiger partial charge in [-0.25, -0.2) is 4.79 Å². The first-order valence-electron chi connectivity index (χ1n) is 4.92. The lowest BCUT2D eigenvalue weighted by Gasteiger charge is -2.16. The number of carbonyl (C=O) groups is 1. The van der Waals surface area contributed by atoms with Gasteiger partial charge >= 0.3 is 6.03 Å². The molecule has 1 rings (SSSR count). The molecule has 0 heterocycles. The normalized spacial score (nSPS) is 9.80. The number of nitrogens with zero attached hydrogens (tertiary/aromatic N) is 1. The number of rotatable bonds is 2. The number of hydrogen-bond acceptors (Lipinski definition) is 2. The summed E-state index contributed by atoms with van der Waals surface area (Å²) in [4.78, 5) is 13.2. The highest BCUT2D eigenvalue weighted by molar-refractivity contribution is 5.92. The first kappa shape index (κ1) is 11.4. The lowest BCUT2D eigenvalue weighted by atomic mass is 10.2. The summed E-state index contributed by atoms with van der Waals surface area (Å²) in [5, 5.41) is 2.76. The molecule has 0 saturated carbocycles. The summed E-state index contributed by atoms with van der Waals surface area (Å²) in [6.45, 7) is 4.54. The van der Waals surface area contributed by atoms with E-state index < -0.39 is 0 Å². The predicted molar refractivity (Wildman–Crippen MR) is 62.9 cm³/mol. The molecule has 0 fully saturated rings. The van der Waals surface area contributed by atoms with Crippen molar-refractivity contribution in [2.75, 3.05) is 24.6 Å². The van der Waals surface area contributed by atoms with Crippen molar-refractivity contribution in [3.63, 3.8) is 0 Å². The number of amides is 2. The van der Waals surface area contributed by atoms with E-state index in [-0.39, 0.29) is 6.03 Å². The Kier molecular flexibility index (Phi) is 3.55. The lowest BCUT2D eigenvalue weighted by molar-refractivity contribution is 0.224. The molecule has 0 aliphatic carbocycles. The molecule has 1 aromatic rings. The SMILES string of the molecule is CCN(C)C(=O)Nc1cc(C)ccc1N. The Hall–Kier alpha value is -1.71. The molecule has 0 unspecified atom stereocenters. The van der Waals surface area contributed by atoms with E-state index in [1.165, 1.54) is 0 Å². The largest absolute Gasteiger partial charge is 0.397 e. The Balaban J connectivity index is 2.80. The Morgan fingerprint density at radius 2 is 2.20 bits per heavy atom. The molecule has 0 aliphatic rings. The molecule has 0 spiro atoms. The Bertz CT molecular complexity index is 363. The van der Waals surface area contributed by atoms with Gasteiger partial charge in [-0.3, -0.25) is 0 Å². The zero-order chi connectivity index (χ0) is 11.4. The number of nitrogens with two attached hydrogens (primary N) is 1. The summed E-state index contributed by atoms with van der Waals surface area (Å²) < 4.78 is 0. The van der Waals surface area contributed by atoms with E-state index >= 15 is 0 Å². The van der Waals surface area contributed by atoms with Gasteiger partial charge < -0.3 is 16.0 Å². The Morgan fingerprint density at radius 3 is 2.80 bits per heavy atom. The number of nitrogens with one attached hydrogen (secondary N) is 1. The van der Waals surface area contributed by atoms with E-state index in [1.807, 2.05) is 26.0 Å². The summed E-state index contributed by atoms with van der Waals surface area (Å²) in [5.74, 6) is 0. The van der Waals surface area contributed by atoms with Crippen LogP contribution < -0.4 is 11.1 Å². The molecular formula is C11H17N3O. The molecule has 0 aromatic heterocycles. The molecule has 2 amide bonds. The van der Waals surface area contributed by atoms with Crippen molar-refractivity contribution in [3.8, 4) is 0 Å². The number of hydrogen-bond donors (Lipinski definition) is 2. The molecule has 82 valence electrons. The zero-order valence-corrected chi connectivity index (χ0v) is 9.37. The van der Waals surface area contributed by atoms with Gasteiger partial charge in [0.15, 0.2) is 0 Å². The molecule has 4 nitrogen and oxygen atoms in total. The average molecular weight is 207 g/mol. The van der Waals surface area contributed by atoms with E-state index in [2.05, 4.69) is 5.32 Å². The number of anilines is 2. The molecule has 3 N–H and O–H groups in total. The third kappa shape index (κ3) is 2.87. The highest BCUT2D eigenvalue weighted by Gasteiger charge is 2.08. The Labute approximate surface area is 90.1 Å². The van der Waals surface area contributed by atoms with Crippen molar-refractivity contribution in [3.05, 3.63) is 23.8 Å². The van der Waals surface area contributed by atoms with Gasteiger partial charge in [-0.1, -0.05) is 6.07 Å². The third-order valence-corrected chi connectivity index (χ3v) is 2.27. The van der Waals surface area contributed by atoms with Crippen LogP contribution in [-0.2, 0) is 0 Å². The predicted octanol–water partition coefficient (Wildman–Crippen LogP) is 2.06. The minimum absolute atomic E-state index is 0.144. The highest BCUT2D eigenvalue weighted by atomic mass is 16.2. The van der Waals surface area contributed by atoms with Gasteiger partial charge in [-0.05, 0) is 31.5 Å². The summed E-state index contributed by atoms with van der Waals surface area (Å²) in [5.41, 5.74) is 8.06. The van der Waals surface area contributed by atoms with E-state index in [4.69, 9.17) is 5.73 Å². The molecule has 0 radical (unpaired) electrons. The highest BCUT2D eigenvalue weighted by Crippen LogP contribution is 2.19.